The van der Waals surface area contributed by atoms with E-state index in [1.54, 1.807) is 38.2 Å². The van der Waals surface area contributed by atoms with Gasteiger partial charge in [0.05, 0.1) is 6.54 Å². The van der Waals surface area contributed by atoms with Crippen LogP contribution in [0, 0.1) is 0 Å². The number of likely N-dealkylation sites (N-methyl/N-ethyl adjacent to an activating group) is 1. The van der Waals surface area contributed by atoms with E-state index in [2.05, 4.69) is 14.7 Å². The number of aliphatic hydroxyl groups excluding tert-OH is 1. The number of carbonyl (C=O) groups excluding carboxylic acids is 1. The molecule has 0 aliphatic carbocycles. The zero-order valence-corrected chi connectivity index (χ0v) is 13.0. The number of aromatic amines is 1. The molecule has 1 heterocycles. The second-order valence-electron chi connectivity index (χ2n) is 5.00. The molecular formula is C15H19N3O5. The zero-order chi connectivity index (χ0) is 16.8. The summed E-state index contributed by atoms with van der Waals surface area (Å²) in [4.78, 5) is 26.6. The Morgan fingerprint density at radius 3 is 2.96 bits per heavy atom. The lowest BCUT2D eigenvalue weighted by Crippen LogP contribution is -2.38. The van der Waals surface area contributed by atoms with Gasteiger partial charge in [-0.15, -0.1) is 0 Å². The fraction of sp³-hybridized carbons (Fsp3) is 0.400. The van der Waals surface area contributed by atoms with Crippen LogP contribution in [-0.4, -0.2) is 52.4 Å². The third kappa shape index (κ3) is 4.43. The summed E-state index contributed by atoms with van der Waals surface area (Å²) in [6, 6.07) is 6.97. The number of aromatic nitrogens is 2. The lowest BCUT2D eigenvalue weighted by Gasteiger charge is -2.20. The molecular weight excluding hydrogens is 302 g/mol. The van der Waals surface area contributed by atoms with E-state index in [-0.39, 0.29) is 12.5 Å². The number of carbonyl (C=O) groups is 1. The molecule has 0 saturated heterocycles. The molecule has 1 aromatic carbocycles. The Morgan fingerprint density at radius 2 is 2.30 bits per heavy atom. The topological polar surface area (TPSA) is 109 Å². The van der Waals surface area contributed by atoms with Crippen LogP contribution in [0.1, 0.15) is 13.3 Å². The molecule has 1 atom stereocenters. The van der Waals surface area contributed by atoms with Gasteiger partial charge in [-0.2, -0.15) is 0 Å². The van der Waals surface area contributed by atoms with Crippen molar-refractivity contribution in [1.29, 1.82) is 0 Å². The Labute approximate surface area is 132 Å². The first-order valence-corrected chi connectivity index (χ1v) is 7.23. The largest absolute Gasteiger partial charge is 0.492 e. The van der Waals surface area contributed by atoms with Crippen LogP contribution in [0.25, 0.3) is 11.4 Å². The molecule has 2 rings (SSSR count). The fourth-order valence-corrected chi connectivity index (χ4v) is 1.93. The van der Waals surface area contributed by atoms with E-state index in [4.69, 9.17) is 4.74 Å². The average Bonchev–Trinajstić information content (AvgIpc) is 3.00. The van der Waals surface area contributed by atoms with Crippen molar-refractivity contribution in [3.05, 3.63) is 34.8 Å². The number of nitrogens with one attached hydrogen (secondary N) is 1. The number of benzene rings is 1. The van der Waals surface area contributed by atoms with Crippen LogP contribution in [0.15, 0.2) is 33.6 Å². The third-order valence-electron chi connectivity index (χ3n) is 3.29. The molecule has 1 amide bonds. The van der Waals surface area contributed by atoms with Gasteiger partial charge >= 0.3 is 5.76 Å². The number of ether oxygens (including phenoxy) is 1. The van der Waals surface area contributed by atoms with Crippen LogP contribution in [0.2, 0.25) is 0 Å². The number of hydrogen-bond donors (Lipinski definition) is 2. The molecule has 2 N–H and O–H groups in total. The van der Waals surface area contributed by atoms with Crippen LogP contribution in [0.3, 0.4) is 0 Å². The first kappa shape index (κ1) is 16.8. The molecule has 8 heteroatoms. The Balaban J connectivity index is 1.91. The average molecular weight is 321 g/mol. The predicted molar refractivity (Wildman–Crippen MR) is 82.0 cm³/mol. The minimum atomic E-state index is -0.979. The number of amides is 1. The fourth-order valence-electron chi connectivity index (χ4n) is 1.93. The predicted octanol–water partition coefficient (Wildman–Crippen LogP) is 0.638. The van der Waals surface area contributed by atoms with Crippen LogP contribution >= 0.6 is 0 Å². The molecule has 124 valence electrons. The minimum absolute atomic E-state index is 0.275. The summed E-state index contributed by atoms with van der Waals surface area (Å²) in [5.41, 5.74) is 0.652. The number of hydrogen-bond acceptors (Lipinski definition) is 6. The van der Waals surface area contributed by atoms with Crippen LogP contribution < -0.4 is 10.5 Å². The van der Waals surface area contributed by atoms with E-state index in [1.807, 2.05) is 0 Å². The SMILES string of the molecule is CCC(O)C(=O)N(C)CCOc1cccc(-c2noc(=O)[nH]2)c1. The van der Waals surface area contributed by atoms with Crippen molar-refractivity contribution in [2.75, 3.05) is 20.2 Å². The van der Waals surface area contributed by atoms with Crippen molar-refractivity contribution in [2.45, 2.75) is 19.4 Å². The van der Waals surface area contributed by atoms with Crippen molar-refractivity contribution in [3.8, 4) is 17.1 Å². The maximum Gasteiger partial charge on any atom is 0.439 e. The molecule has 23 heavy (non-hydrogen) atoms. The summed E-state index contributed by atoms with van der Waals surface area (Å²) in [7, 11) is 1.61. The molecule has 0 aliphatic heterocycles. The highest BCUT2D eigenvalue weighted by Gasteiger charge is 2.17. The minimum Gasteiger partial charge on any atom is -0.492 e. The summed E-state index contributed by atoms with van der Waals surface area (Å²) < 4.78 is 10.0. The smallest absolute Gasteiger partial charge is 0.439 e. The monoisotopic (exact) mass is 321 g/mol. The highest BCUT2D eigenvalue weighted by molar-refractivity contribution is 5.80. The highest BCUT2D eigenvalue weighted by Crippen LogP contribution is 2.20. The quantitative estimate of drug-likeness (QED) is 0.774. The van der Waals surface area contributed by atoms with Gasteiger partial charge in [-0.3, -0.25) is 14.3 Å². The molecule has 0 fully saturated rings. The molecule has 0 saturated carbocycles. The van der Waals surface area contributed by atoms with Gasteiger partial charge in [-0.25, -0.2) is 4.79 Å². The Bertz CT molecular complexity index is 709. The van der Waals surface area contributed by atoms with Crippen molar-refractivity contribution < 1.29 is 19.2 Å². The van der Waals surface area contributed by atoms with Gasteiger partial charge in [0.1, 0.15) is 18.5 Å². The summed E-state index contributed by atoms with van der Waals surface area (Å²) in [5.74, 6) is -0.0620. The van der Waals surface area contributed by atoms with Gasteiger partial charge in [0.2, 0.25) is 0 Å². The second-order valence-corrected chi connectivity index (χ2v) is 5.00. The number of aliphatic hydroxyl groups is 1. The van der Waals surface area contributed by atoms with Gasteiger partial charge in [-0.1, -0.05) is 24.2 Å². The molecule has 0 aliphatic rings. The molecule has 1 aromatic heterocycles. The first-order chi connectivity index (χ1) is 11.0. The summed E-state index contributed by atoms with van der Waals surface area (Å²) in [6.07, 6.45) is -0.602. The zero-order valence-electron chi connectivity index (χ0n) is 13.0. The summed E-state index contributed by atoms with van der Waals surface area (Å²) in [6.45, 7) is 2.37. The van der Waals surface area contributed by atoms with E-state index < -0.39 is 11.9 Å². The van der Waals surface area contributed by atoms with E-state index in [0.717, 1.165) is 0 Å². The van der Waals surface area contributed by atoms with Gasteiger partial charge < -0.3 is 14.7 Å². The van der Waals surface area contributed by atoms with Crippen molar-refractivity contribution in [1.82, 2.24) is 15.0 Å². The van der Waals surface area contributed by atoms with Crippen molar-refractivity contribution in [3.63, 3.8) is 0 Å². The maximum absolute atomic E-state index is 11.7. The van der Waals surface area contributed by atoms with E-state index >= 15 is 0 Å². The Kier molecular flexibility index (Phi) is 5.53. The van der Waals surface area contributed by atoms with Crippen LogP contribution in [-0.2, 0) is 4.79 Å². The van der Waals surface area contributed by atoms with E-state index in [0.29, 0.717) is 30.1 Å². The third-order valence-corrected chi connectivity index (χ3v) is 3.29. The standard InChI is InChI=1S/C15H19N3O5/c1-3-12(19)14(20)18(2)7-8-22-11-6-4-5-10(9-11)13-16-15(21)23-17-13/h4-6,9,12,19H,3,7-8H2,1-2H3,(H,16,17,21). The van der Waals surface area contributed by atoms with Gasteiger partial charge in [0, 0.05) is 12.6 Å². The van der Waals surface area contributed by atoms with Crippen molar-refractivity contribution >= 4 is 5.91 Å². The number of rotatable bonds is 7. The van der Waals surface area contributed by atoms with Crippen molar-refractivity contribution in [2.24, 2.45) is 0 Å². The molecule has 0 bridgehead atoms. The van der Waals surface area contributed by atoms with Crippen LogP contribution in [0.4, 0.5) is 0 Å². The Hall–Kier alpha value is -2.61. The number of H-pyrrole nitrogens is 1. The normalized spacial score (nSPS) is 12.0. The van der Waals surface area contributed by atoms with Gasteiger partial charge in [0.25, 0.3) is 5.91 Å². The van der Waals surface area contributed by atoms with Gasteiger partial charge in [0.15, 0.2) is 5.82 Å². The second kappa shape index (κ2) is 7.59. The first-order valence-electron chi connectivity index (χ1n) is 7.23. The summed E-state index contributed by atoms with van der Waals surface area (Å²) >= 11 is 0. The lowest BCUT2D eigenvalue weighted by atomic mass is 10.2. The van der Waals surface area contributed by atoms with E-state index in [1.165, 1.54) is 4.90 Å². The highest BCUT2D eigenvalue weighted by atomic mass is 16.5. The Morgan fingerprint density at radius 1 is 1.52 bits per heavy atom. The summed E-state index contributed by atoms with van der Waals surface area (Å²) in [5, 5.41) is 13.1. The molecule has 0 spiro atoms. The molecule has 0 radical (unpaired) electrons. The maximum atomic E-state index is 11.7. The molecule has 2 aromatic rings. The molecule has 1 unspecified atom stereocenters. The van der Waals surface area contributed by atoms with E-state index in [9.17, 15) is 14.7 Å². The molecule has 8 nitrogen and oxygen atoms in total. The van der Waals surface area contributed by atoms with Gasteiger partial charge in [-0.05, 0) is 18.6 Å². The number of nitrogens with zero attached hydrogens (tertiary/aromatic N) is 2. The van der Waals surface area contributed by atoms with Crippen LogP contribution in [0.5, 0.6) is 5.75 Å². The lowest BCUT2D eigenvalue weighted by molar-refractivity contribution is -0.139.